The Hall–Kier alpha value is -1.97. The fourth-order valence-electron chi connectivity index (χ4n) is 1.16. The molecule has 0 unspecified atom stereocenters. The molecule has 2 heterocycles. The van der Waals surface area contributed by atoms with Gasteiger partial charge < -0.3 is 5.32 Å². The minimum Gasteiger partial charge on any atom is -0.364 e. The van der Waals surface area contributed by atoms with Gasteiger partial charge in [-0.25, -0.2) is 4.98 Å². The van der Waals surface area contributed by atoms with E-state index in [0.717, 1.165) is 17.2 Å². The number of hydrogen-bond donors (Lipinski definition) is 1. The van der Waals surface area contributed by atoms with Crippen LogP contribution in [0.15, 0.2) is 36.8 Å². The summed E-state index contributed by atoms with van der Waals surface area (Å²) in [7, 11) is 0. The van der Waals surface area contributed by atoms with Crippen molar-refractivity contribution < 1.29 is 0 Å². The van der Waals surface area contributed by atoms with Crippen molar-refractivity contribution in [1.29, 1.82) is 0 Å². The molecule has 0 aliphatic rings. The summed E-state index contributed by atoms with van der Waals surface area (Å²) in [4.78, 5) is 12.6. The average molecular weight is 200 g/mol. The molecule has 4 heteroatoms. The molecule has 0 saturated heterocycles. The second kappa shape index (κ2) is 4.50. The molecule has 4 nitrogen and oxygen atoms in total. The highest BCUT2D eigenvalue weighted by Crippen LogP contribution is 2.02. The van der Waals surface area contributed by atoms with Crippen molar-refractivity contribution in [2.75, 3.05) is 5.32 Å². The molecule has 0 aliphatic carbocycles. The Bertz CT molecular complexity index is 410. The lowest BCUT2D eigenvalue weighted by molar-refractivity contribution is 0.977. The molecule has 76 valence electrons. The van der Waals surface area contributed by atoms with Gasteiger partial charge in [0.15, 0.2) is 0 Å². The highest BCUT2D eigenvalue weighted by molar-refractivity contribution is 5.33. The summed E-state index contributed by atoms with van der Waals surface area (Å²) in [6, 6.07) is 5.74. The van der Waals surface area contributed by atoms with Gasteiger partial charge in [0.05, 0.1) is 24.1 Å². The van der Waals surface area contributed by atoms with Crippen LogP contribution in [0, 0.1) is 6.92 Å². The summed E-state index contributed by atoms with van der Waals surface area (Å²) >= 11 is 0. The van der Waals surface area contributed by atoms with Crippen LogP contribution in [0.25, 0.3) is 0 Å². The zero-order valence-corrected chi connectivity index (χ0v) is 8.51. The van der Waals surface area contributed by atoms with Gasteiger partial charge in [0.1, 0.15) is 5.82 Å². The van der Waals surface area contributed by atoms with Crippen molar-refractivity contribution in [1.82, 2.24) is 15.0 Å². The van der Waals surface area contributed by atoms with Crippen molar-refractivity contribution in [3.05, 3.63) is 48.2 Å². The van der Waals surface area contributed by atoms with Crippen LogP contribution in [0.3, 0.4) is 0 Å². The first-order valence-electron chi connectivity index (χ1n) is 4.77. The molecule has 0 fully saturated rings. The molecule has 0 radical (unpaired) electrons. The number of rotatable bonds is 3. The highest BCUT2D eigenvalue weighted by Gasteiger charge is 1.95. The van der Waals surface area contributed by atoms with E-state index >= 15 is 0 Å². The summed E-state index contributed by atoms with van der Waals surface area (Å²) in [5, 5.41) is 3.17. The second-order valence-electron chi connectivity index (χ2n) is 3.22. The van der Waals surface area contributed by atoms with Crippen LogP contribution >= 0.6 is 0 Å². The first kappa shape index (κ1) is 9.58. The van der Waals surface area contributed by atoms with Gasteiger partial charge in [0, 0.05) is 12.4 Å². The Kier molecular flexibility index (Phi) is 2.88. The van der Waals surface area contributed by atoms with Gasteiger partial charge >= 0.3 is 0 Å². The molecule has 2 aromatic rings. The molecule has 1 N–H and O–H groups in total. The van der Waals surface area contributed by atoms with E-state index in [4.69, 9.17) is 0 Å². The fourth-order valence-corrected chi connectivity index (χ4v) is 1.16. The maximum Gasteiger partial charge on any atom is 0.126 e. The smallest absolute Gasteiger partial charge is 0.126 e. The van der Waals surface area contributed by atoms with Gasteiger partial charge in [0.2, 0.25) is 0 Å². The van der Waals surface area contributed by atoms with E-state index in [-0.39, 0.29) is 0 Å². The van der Waals surface area contributed by atoms with Crippen LogP contribution in [-0.4, -0.2) is 15.0 Å². The third-order valence-corrected chi connectivity index (χ3v) is 1.95. The van der Waals surface area contributed by atoms with Gasteiger partial charge in [-0.05, 0) is 19.1 Å². The van der Waals surface area contributed by atoms with Crippen LogP contribution in [0.1, 0.15) is 11.4 Å². The molecule has 15 heavy (non-hydrogen) atoms. The lowest BCUT2D eigenvalue weighted by Crippen LogP contribution is -2.03. The molecular weight excluding hydrogens is 188 g/mol. The molecule has 0 atom stereocenters. The summed E-state index contributed by atoms with van der Waals surface area (Å²) in [5.74, 6) is 0.847. The fraction of sp³-hybridized carbons (Fsp3) is 0.182. The monoisotopic (exact) mass is 200 g/mol. The van der Waals surface area contributed by atoms with Crippen molar-refractivity contribution in [3.63, 3.8) is 0 Å². The normalized spacial score (nSPS) is 9.93. The number of nitrogens with one attached hydrogen (secondary N) is 1. The lowest BCUT2D eigenvalue weighted by atomic mass is 10.4. The molecule has 0 spiro atoms. The summed E-state index contributed by atoms with van der Waals surface area (Å²) in [6.07, 6.45) is 5.28. The largest absolute Gasteiger partial charge is 0.364 e. The van der Waals surface area contributed by atoms with Crippen LogP contribution < -0.4 is 5.32 Å². The first-order chi connectivity index (χ1) is 7.34. The summed E-state index contributed by atoms with van der Waals surface area (Å²) < 4.78 is 0. The van der Waals surface area contributed by atoms with E-state index in [1.54, 1.807) is 18.6 Å². The molecule has 0 bridgehead atoms. The molecule has 2 aromatic heterocycles. The van der Waals surface area contributed by atoms with Crippen LogP contribution in [0.5, 0.6) is 0 Å². The Morgan fingerprint density at radius 3 is 2.73 bits per heavy atom. The van der Waals surface area contributed by atoms with Gasteiger partial charge in [-0.3, -0.25) is 9.97 Å². The van der Waals surface area contributed by atoms with Crippen molar-refractivity contribution in [2.24, 2.45) is 0 Å². The van der Waals surface area contributed by atoms with E-state index in [1.165, 1.54) is 0 Å². The topological polar surface area (TPSA) is 50.7 Å². The highest BCUT2D eigenvalue weighted by atomic mass is 15.0. The first-order valence-corrected chi connectivity index (χ1v) is 4.77. The number of anilines is 1. The number of aromatic nitrogens is 3. The van der Waals surface area contributed by atoms with Crippen molar-refractivity contribution in [2.45, 2.75) is 13.5 Å². The van der Waals surface area contributed by atoms with Crippen LogP contribution in [0.4, 0.5) is 5.82 Å². The molecule has 0 amide bonds. The lowest BCUT2D eigenvalue weighted by Gasteiger charge is -2.03. The van der Waals surface area contributed by atoms with E-state index in [0.29, 0.717) is 6.54 Å². The van der Waals surface area contributed by atoms with Gasteiger partial charge in [-0.15, -0.1) is 0 Å². The van der Waals surface area contributed by atoms with Gasteiger partial charge in [-0.2, -0.15) is 0 Å². The molecule has 0 aromatic carbocycles. The number of hydrogen-bond acceptors (Lipinski definition) is 4. The van der Waals surface area contributed by atoms with Crippen molar-refractivity contribution in [3.8, 4) is 0 Å². The maximum atomic E-state index is 4.24. The van der Waals surface area contributed by atoms with Crippen LogP contribution in [0.2, 0.25) is 0 Å². The van der Waals surface area contributed by atoms with Crippen LogP contribution in [-0.2, 0) is 6.54 Å². The van der Waals surface area contributed by atoms with E-state index in [2.05, 4.69) is 20.3 Å². The average Bonchev–Trinajstić information content (AvgIpc) is 2.30. The van der Waals surface area contributed by atoms with E-state index in [1.807, 2.05) is 25.1 Å². The predicted molar refractivity (Wildman–Crippen MR) is 58.3 cm³/mol. The minimum absolute atomic E-state index is 0.643. The SMILES string of the molecule is Cc1cnc(CNc2ccccn2)cn1. The Morgan fingerprint density at radius 2 is 2.07 bits per heavy atom. The minimum atomic E-state index is 0.643. The summed E-state index contributed by atoms with van der Waals surface area (Å²) in [6.45, 7) is 2.56. The Morgan fingerprint density at radius 1 is 1.13 bits per heavy atom. The third kappa shape index (κ3) is 2.74. The zero-order chi connectivity index (χ0) is 10.5. The third-order valence-electron chi connectivity index (χ3n) is 1.95. The molecule has 0 saturated carbocycles. The molecule has 0 aliphatic heterocycles. The number of nitrogens with zero attached hydrogens (tertiary/aromatic N) is 3. The second-order valence-corrected chi connectivity index (χ2v) is 3.22. The number of pyridine rings is 1. The van der Waals surface area contributed by atoms with Gasteiger partial charge in [-0.1, -0.05) is 6.07 Å². The van der Waals surface area contributed by atoms with E-state index < -0.39 is 0 Å². The Balaban J connectivity index is 1.96. The molecule has 2 rings (SSSR count). The van der Waals surface area contributed by atoms with E-state index in [9.17, 15) is 0 Å². The molecular formula is C11H12N4. The summed E-state index contributed by atoms with van der Waals surface area (Å²) in [5.41, 5.74) is 1.84. The number of aryl methyl sites for hydroxylation is 1. The standard InChI is InChI=1S/C11H12N4/c1-9-6-14-10(7-13-9)8-15-11-4-2-3-5-12-11/h2-7H,8H2,1H3,(H,12,15). The predicted octanol–water partition coefficient (Wildman–Crippen LogP) is 1.79. The van der Waals surface area contributed by atoms with Crippen molar-refractivity contribution >= 4 is 5.82 Å². The quantitative estimate of drug-likeness (QED) is 0.820. The van der Waals surface area contributed by atoms with Gasteiger partial charge in [0.25, 0.3) is 0 Å². The zero-order valence-electron chi connectivity index (χ0n) is 8.51. The Labute approximate surface area is 88.4 Å². The maximum absolute atomic E-state index is 4.24.